The van der Waals surface area contributed by atoms with Gasteiger partial charge in [0.1, 0.15) is 6.54 Å². The first-order valence-corrected chi connectivity index (χ1v) is 8.67. The van der Waals surface area contributed by atoms with Crippen LogP contribution in [0.3, 0.4) is 0 Å². The Morgan fingerprint density at radius 2 is 1.85 bits per heavy atom. The summed E-state index contributed by atoms with van der Waals surface area (Å²) >= 11 is 0. The van der Waals surface area contributed by atoms with Crippen LogP contribution >= 0.6 is 0 Å². The Morgan fingerprint density at radius 1 is 1.15 bits per heavy atom. The Morgan fingerprint density at radius 3 is 2.46 bits per heavy atom. The van der Waals surface area contributed by atoms with E-state index in [1.807, 2.05) is 54.8 Å². The number of hydrogen-bond acceptors (Lipinski definition) is 4. The summed E-state index contributed by atoms with van der Waals surface area (Å²) in [6.07, 6.45) is 0. The normalized spacial score (nSPS) is 10.6. The largest absolute Gasteiger partial charge is 0.465 e. The summed E-state index contributed by atoms with van der Waals surface area (Å²) in [4.78, 5) is 26.4. The fourth-order valence-electron chi connectivity index (χ4n) is 2.94. The number of nitrogens with zero attached hydrogens (tertiary/aromatic N) is 2. The monoisotopic (exact) mass is 358 g/mol. The van der Waals surface area contributed by atoms with E-state index in [0.717, 1.165) is 17.1 Å². The second-order valence-corrected chi connectivity index (χ2v) is 5.98. The van der Waals surface area contributed by atoms with Crippen LogP contribution < -0.4 is 0 Å². The van der Waals surface area contributed by atoms with E-state index in [1.165, 1.54) is 4.90 Å². The van der Waals surface area contributed by atoms with E-state index >= 15 is 0 Å². The van der Waals surface area contributed by atoms with E-state index in [2.05, 4.69) is 0 Å². The average Bonchev–Trinajstić information content (AvgIpc) is 2.93. The Balaban J connectivity index is 2.32. The molecule has 2 aromatic rings. The van der Waals surface area contributed by atoms with E-state index in [9.17, 15) is 9.59 Å². The highest BCUT2D eigenvalue weighted by Crippen LogP contribution is 2.22. The van der Waals surface area contributed by atoms with Crippen molar-refractivity contribution in [2.45, 2.75) is 20.8 Å². The molecular formula is C20H26N2O4. The van der Waals surface area contributed by atoms with E-state index in [1.54, 1.807) is 14.0 Å². The highest BCUT2D eigenvalue weighted by molar-refractivity contribution is 5.97. The van der Waals surface area contributed by atoms with Gasteiger partial charge in [0.15, 0.2) is 0 Å². The van der Waals surface area contributed by atoms with Crippen molar-refractivity contribution in [3.8, 4) is 5.69 Å². The summed E-state index contributed by atoms with van der Waals surface area (Å²) in [5.41, 5.74) is 3.37. The fourth-order valence-corrected chi connectivity index (χ4v) is 2.94. The summed E-state index contributed by atoms with van der Waals surface area (Å²) in [6, 6.07) is 11.7. The number of ether oxygens (including phenoxy) is 2. The number of para-hydroxylation sites is 1. The van der Waals surface area contributed by atoms with E-state index in [4.69, 9.17) is 9.47 Å². The van der Waals surface area contributed by atoms with Gasteiger partial charge in [-0.2, -0.15) is 0 Å². The second kappa shape index (κ2) is 9.20. The first-order valence-electron chi connectivity index (χ1n) is 8.67. The van der Waals surface area contributed by atoms with Crippen LogP contribution in [0.2, 0.25) is 0 Å². The zero-order valence-electron chi connectivity index (χ0n) is 15.8. The second-order valence-electron chi connectivity index (χ2n) is 5.98. The third-order valence-corrected chi connectivity index (χ3v) is 4.15. The molecule has 0 aliphatic rings. The maximum atomic E-state index is 13.1. The number of hydrogen-bond donors (Lipinski definition) is 0. The number of rotatable bonds is 8. The van der Waals surface area contributed by atoms with Crippen LogP contribution in [0.15, 0.2) is 36.4 Å². The molecule has 0 spiro atoms. The molecule has 0 atom stereocenters. The summed E-state index contributed by atoms with van der Waals surface area (Å²) < 4.78 is 12.1. The van der Waals surface area contributed by atoms with Crippen molar-refractivity contribution in [2.24, 2.45) is 0 Å². The molecule has 0 bridgehead atoms. The molecule has 1 amide bonds. The maximum absolute atomic E-state index is 13.1. The quantitative estimate of drug-likeness (QED) is 0.681. The van der Waals surface area contributed by atoms with Crippen molar-refractivity contribution >= 4 is 11.9 Å². The number of aromatic nitrogens is 1. The van der Waals surface area contributed by atoms with Gasteiger partial charge in [-0.05, 0) is 39.0 Å². The summed E-state index contributed by atoms with van der Waals surface area (Å²) in [7, 11) is 1.56. The van der Waals surface area contributed by atoms with Crippen molar-refractivity contribution in [3.63, 3.8) is 0 Å². The van der Waals surface area contributed by atoms with Crippen LogP contribution in [0.1, 0.15) is 28.7 Å². The van der Waals surface area contributed by atoms with Gasteiger partial charge in [0, 0.05) is 30.7 Å². The van der Waals surface area contributed by atoms with Crippen LogP contribution in [0.25, 0.3) is 5.69 Å². The first-order chi connectivity index (χ1) is 12.5. The summed E-state index contributed by atoms with van der Waals surface area (Å²) in [5.74, 6) is -0.626. The lowest BCUT2D eigenvalue weighted by Gasteiger charge is -2.21. The van der Waals surface area contributed by atoms with Crippen LogP contribution in [0.5, 0.6) is 0 Å². The van der Waals surface area contributed by atoms with Gasteiger partial charge < -0.3 is 18.9 Å². The maximum Gasteiger partial charge on any atom is 0.325 e. The van der Waals surface area contributed by atoms with Crippen molar-refractivity contribution in [3.05, 3.63) is 53.3 Å². The third kappa shape index (κ3) is 4.52. The van der Waals surface area contributed by atoms with E-state index in [-0.39, 0.29) is 19.1 Å². The molecule has 0 aliphatic carbocycles. The van der Waals surface area contributed by atoms with Gasteiger partial charge in [-0.25, -0.2) is 0 Å². The molecule has 1 heterocycles. The zero-order chi connectivity index (χ0) is 19.1. The molecule has 140 valence electrons. The Bertz CT molecular complexity index is 753. The standard InChI is InChI=1S/C20H26N2O4/c1-5-26-19(23)14-21(11-12-25-4)20(24)18-13-15(2)22(16(18)3)17-9-7-6-8-10-17/h6-10,13H,5,11-12,14H2,1-4H3. The molecule has 2 rings (SSSR count). The SMILES string of the molecule is CCOC(=O)CN(CCOC)C(=O)c1cc(C)n(-c2ccccc2)c1C. The molecule has 1 aromatic heterocycles. The topological polar surface area (TPSA) is 60.8 Å². The predicted molar refractivity (Wildman–Crippen MR) is 99.7 cm³/mol. The number of methoxy groups -OCH3 is 1. The Kier molecular flexibility index (Phi) is 6.97. The summed E-state index contributed by atoms with van der Waals surface area (Å²) in [6.45, 7) is 6.48. The van der Waals surface area contributed by atoms with Gasteiger partial charge in [-0.1, -0.05) is 18.2 Å². The number of benzene rings is 1. The Hall–Kier alpha value is -2.60. The highest BCUT2D eigenvalue weighted by atomic mass is 16.5. The molecule has 0 fully saturated rings. The fraction of sp³-hybridized carbons (Fsp3) is 0.400. The molecule has 0 saturated heterocycles. The van der Waals surface area contributed by atoms with Crippen LogP contribution in [0.4, 0.5) is 0 Å². The van der Waals surface area contributed by atoms with Gasteiger partial charge in [-0.15, -0.1) is 0 Å². The minimum absolute atomic E-state index is 0.0922. The molecule has 0 saturated carbocycles. The number of aryl methyl sites for hydroxylation is 1. The predicted octanol–water partition coefficient (Wildman–Crippen LogP) is 2.75. The highest BCUT2D eigenvalue weighted by Gasteiger charge is 2.24. The van der Waals surface area contributed by atoms with Gasteiger partial charge in [0.2, 0.25) is 0 Å². The zero-order valence-corrected chi connectivity index (χ0v) is 15.8. The van der Waals surface area contributed by atoms with Crippen molar-refractivity contribution in [1.82, 2.24) is 9.47 Å². The first kappa shape index (κ1) is 19.7. The van der Waals surface area contributed by atoms with Gasteiger partial charge >= 0.3 is 5.97 Å². The number of carbonyl (C=O) groups excluding carboxylic acids is 2. The molecule has 6 heteroatoms. The van der Waals surface area contributed by atoms with Gasteiger partial charge in [0.05, 0.1) is 18.8 Å². The molecular weight excluding hydrogens is 332 g/mol. The minimum atomic E-state index is -0.422. The lowest BCUT2D eigenvalue weighted by atomic mass is 10.2. The lowest BCUT2D eigenvalue weighted by molar-refractivity contribution is -0.143. The molecule has 26 heavy (non-hydrogen) atoms. The van der Waals surface area contributed by atoms with E-state index < -0.39 is 5.97 Å². The third-order valence-electron chi connectivity index (χ3n) is 4.15. The molecule has 0 radical (unpaired) electrons. The number of esters is 1. The lowest BCUT2D eigenvalue weighted by Crippen LogP contribution is -2.38. The molecule has 0 aliphatic heterocycles. The summed E-state index contributed by atoms with van der Waals surface area (Å²) in [5, 5.41) is 0. The minimum Gasteiger partial charge on any atom is -0.465 e. The average molecular weight is 358 g/mol. The van der Waals surface area contributed by atoms with E-state index in [0.29, 0.717) is 18.7 Å². The van der Waals surface area contributed by atoms with Crippen molar-refractivity contribution in [2.75, 3.05) is 33.4 Å². The smallest absolute Gasteiger partial charge is 0.325 e. The van der Waals surface area contributed by atoms with Crippen molar-refractivity contribution < 1.29 is 19.1 Å². The van der Waals surface area contributed by atoms with Crippen LogP contribution in [0, 0.1) is 13.8 Å². The van der Waals surface area contributed by atoms with Gasteiger partial charge in [0.25, 0.3) is 5.91 Å². The number of carbonyl (C=O) groups is 2. The van der Waals surface area contributed by atoms with Crippen LogP contribution in [-0.2, 0) is 14.3 Å². The van der Waals surface area contributed by atoms with Crippen molar-refractivity contribution in [1.29, 1.82) is 0 Å². The molecule has 0 N–H and O–H groups in total. The van der Waals surface area contributed by atoms with Gasteiger partial charge in [-0.3, -0.25) is 9.59 Å². The Labute approximate surface area is 154 Å². The van der Waals surface area contributed by atoms with Crippen LogP contribution in [-0.4, -0.2) is 54.8 Å². The molecule has 0 unspecified atom stereocenters. The molecule has 6 nitrogen and oxygen atoms in total. The number of amides is 1. The molecule has 1 aromatic carbocycles.